The van der Waals surface area contributed by atoms with Crippen LogP contribution in [0.4, 0.5) is 17.1 Å². The highest BCUT2D eigenvalue weighted by atomic mass is 16.6. The average Bonchev–Trinajstić information content (AvgIpc) is 2.66. The largest absolute Gasteiger partial charge is 0.452 e. The highest BCUT2D eigenvalue weighted by molar-refractivity contribution is 5.97. The highest BCUT2D eigenvalue weighted by Gasteiger charge is 2.19. The van der Waals surface area contributed by atoms with Gasteiger partial charge in [-0.05, 0) is 36.1 Å². The van der Waals surface area contributed by atoms with Crippen LogP contribution in [0.5, 0.6) is 0 Å². The fraction of sp³-hybridized carbons (Fsp3) is 0.300. The molecule has 2 aromatic carbocycles. The SMILES string of the molecule is CNc1ccc(C(=O)OCC(=O)Nc2c(C)cccc2C(C)C)cc1[N+](=O)[O-]. The van der Waals surface area contributed by atoms with Crippen molar-refractivity contribution in [1.29, 1.82) is 0 Å². The van der Waals surface area contributed by atoms with Crippen molar-refractivity contribution in [3.05, 3.63) is 63.2 Å². The van der Waals surface area contributed by atoms with E-state index in [1.807, 2.05) is 39.0 Å². The number of aryl methyl sites for hydroxylation is 1. The minimum Gasteiger partial charge on any atom is -0.452 e. The molecule has 0 aromatic heterocycles. The maximum Gasteiger partial charge on any atom is 0.338 e. The second kappa shape index (κ2) is 8.98. The number of anilines is 2. The van der Waals surface area contributed by atoms with Gasteiger partial charge in [0, 0.05) is 18.8 Å². The van der Waals surface area contributed by atoms with Gasteiger partial charge in [0.1, 0.15) is 5.69 Å². The summed E-state index contributed by atoms with van der Waals surface area (Å²) in [5.41, 5.74) is 2.62. The minimum atomic E-state index is -0.810. The molecule has 1 amide bonds. The molecule has 0 bridgehead atoms. The Morgan fingerprint density at radius 3 is 2.54 bits per heavy atom. The average molecular weight is 385 g/mol. The molecular formula is C20H23N3O5. The Kier molecular flexibility index (Phi) is 6.70. The van der Waals surface area contributed by atoms with Gasteiger partial charge in [-0.3, -0.25) is 14.9 Å². The van der Waals surface area contributed by atoms with Gasteiger partial charge in [-0.15, -0.1) is 0 Å². The van der Waals surface area contributed by atoms with Crippen LogP contribution in [0.15, 0.2) is 36.4 Å². The third-order valence-corrected chi connectivity index (χ3v) is 4.23. The van der Waals surface area contributed by atoms with Gasteiger partial charge in [0.05, 0.1) is 10.5 Å². The molecule has 2 rings (SSSR count). The van der Waals surface area contributed by atoms with Crippen molar-refractivity contribution in [3.63, 3.8) is 0 Å². The Morgan fingerprint density at radius 2 is 1.93 bits per heavy atom. The van der Waals surface area contributed by atoms with Crippen molar-refractivity contribution in [1.82, 2.24) is 0 Å². The quantitative estimate of drug-likeness (QED) is 0.425. The molecule has 0 aliphatic carbocycles. The lowest BCUT2D eigenvalue weighted by molar-refractivity contribution is -0.384. The zero-order chi connectivity index (χ0) is 20.8. The summed E-state index contributed by atoms with van der Waals surface area (Å²) >= 11 is 0. The molecule has 0 unspecified atom stereocenters. The normalized spacial score (nSPS) is 10.5. The van der Waals surface area contributed by atoms with Crippen LogP contribution >= 0.6 is 0 Å². The number of nitro groups is 1. The van der Waals surface area contributed by atoms with E-state index < -0.39 is 23.4 Å². The fourth-order valence-electron chi connectivity index (χ4n) is 2.75. The molecule has 0 aliphatic heterocycles. The summed E-state index contributed by atoms with van der Waals surface area (Å²) in [6, 6.07) is 9.67. The molecule has 2 aromatic rings. The number of carbonyl (C=O) groups is 2. The van der Waals surface area contributed by atoms with Crippen LogP contribution < -0.4 is 10.6 Å². The van der Waals surface area contributed by atoms with Crippen LogP contribution in [-0.2, 0) is 9.53 Å². The number of benzene rings is 2. The first-order chi connectivity index (χ1) is 13.2. The topological polar surface area (TPSA) is 111 Å². The molecule has 0 atom stereocenters. The smallest absolute Gasteiger partial charge is 0.338 e. The first-order valence-corrected chi connectivity index (χ1v) is 8.77. The highest BCUT2D eigenvalue weighted by Crippen LogP contribution is 2.27. The molecule has 0 heterocycles. The van der Waals surface area contributed by atoms with E-state index in [9.17, 15) is 19.7 Å². The van der Waals surface area contributed by atoms with Gasteiger partial charge in [-0.1, -0.05) is 32.0 Å². The number of para-hydroxylation sites is 1. The second-order valence-electron chi connectivity index (χ2n) is 6.56. The van der Waals surface area contributed by atoms with E-state index in [1.165, 1.54) is 12.1 Å². The van der Waals surface area contributed by atoms with Crippen LogP contribution in [0.2, 0.25) is 0 Å². The van der Waals surface area contributed by atoms with Gasteiger partial charge in [0.25, 0.3) is 11.6 Å². The number of carbonyl (C=O) groups excluding carboxylic acids is 2. The number of nitro benzene ring substituents is 1. The van der Waals surface area contributed by atoms with Gasteiger partial charge in [-0.25, -0.2) is 4.79 Å². The van der Waals surface area contributed by atoms with E-state index in [0.29, 0.717) is 5.69 Å². The van der Waals surface area contributed by atoms with Gasteiger partial charge in [0.2, 0.25) is 0 Å². The molecule has 0 aliphatic rings. The lowest BCUT2D eigenvalue weighted by Crippen LogP contribution is -2.22. The van der Waals surface area contributed by atoms with Gasteiger partial charge in [0.15, 0.2) is 6.61 Å². The predicted octanol–water partition coefficient (Wildman–Crippen LogP) is 3.86. The molecule has 0 fully saturated rings. The number of esters is 1. The summed E-state index contributed by atoms with van der Waals surface area (Å²) in [5, 5.41) is 16.6. The number of ether oxygens (including phenoxy) is 1. The number of rotatable bonds is 7. The fourth-order valence-corrected chi connectivity index (χ4v) is 2.75. The summed E-state index contributed by atoms with van der Waals surface area (Å²) < 4.78 is 5.02. The minimum absolute atomic E-state index is 0.00254. The second-order valence-corrected chi connectivity index (χ2v) is 6.56. The lowest BCUT2D eigenvalue weighted by atomic mass is 9.98. The molecule has 8 nitrogen and oxygen atoms in total. The van der Waals surface area contributed by atoms with Crippen molar-refractivity contribution in [2.75, 3.05) is 24.3 Å². The molecule has 0 radical (unpaired) electrons. The molecule has 0 spiro atoms. The zero-order valence-corrected chi connectivity index (χ0v) is 16.2. The van der Waals surface area contributed by atoms with Crippen molar-refractivity contribution in [2.24, 2.45) is 0 Å². The maximum atomic E-state index is 12.2. The number of hydrogen-bond acceptors (Lipinski definition) is 6. The third kappa shape index (κ3) is 4.85. The Labute approximate surface area is 163 Å². The van der Waals surface area contributed by atoms with E-state index in [1.54, 1.807) is 7.05 Å². The van der Waals surface area contributed by atoms with E-state index in [0.717, 1.165) is 17.2 Å². The van der Waals surface area contributed by atoms with E-state index in [2.05, 4.69) is 10.6 Å². The van der Waals surface area contributed by atoms with Crippen LogP contribution in [0.1, 0.15) is 41.3 Å². The Hall–Kier alpha value is -3.42. The molecule has 148 valence electrons. The van der Waals surface area contributed by atoms with Crippen molar-refractivity contribution in [3.8, 4) is 0 Å². The monoisotopic (exact) mass is 385 g/mol. The van der Waals surface area contributed by atoms with Crippen molar-refractivity contribution in [2.45, 2.75) is 26.7 Å². The Balaban J connectivity index is 2.07. The van der Waals surface area contributed by atoms with Gasteiger partial charge >= 0.3 is 5.97 Å². The molecule has 0 saturated heterocycles. The summed E-state index contributed by atoms with van der Waals surface area (Å²) in [5.74, 6) is -1.08. The van der Waals surface area contributed by atoms with Crippen LogP contribution in [0.3, 0.4) is 0 Å². The summed E-state index contributed by atoms with van der Waals surface area (Å²) in [4.78, 5) is 34.9. The molecule has 28 heavy (non-hydrogen) atoms. The van der Waals surface area contributed by atoms with Gasteiger partial charge < -0.3 is 15.4 Å². The summed E-state index contributed by atoms with van der Waals surface area (Å²) in [6.45, 7) is 5.43. The Bertz CT molecular complexity index is 909. The summed E-state index contributed by atoms with van der Waals surface area (Å²) in [6.07, 6.45) is 0. The van der Waals surface area contributed by atoms with Crippen LogP contribution in [0, 0.1) is 17.0 Å². The number of hydrogen-bond donors (Lipinski definition) is 2. The number of nitrogens with one attached hydrogen (secondary N) is 2. The number of nitrogens with zero attached hydrogens (tertiary/aromatic N) is 1. The molecule has 2 N–H and O–H groups in total. The van der Waals surface area contributed by atoms with Crippen molar-refractivity contribution >= 4 is 28.9 Å². The van der Waals surface area contributed by atoms with E-state index >= 15 is 0 Å². The number of amides is 1. The predicted molar refractivity (Wildman–Crippen MR) is 107 cm³/mol. The molecular weight excluding hydrogens is 362 g/mol. The standard InChI is InChI=1S/C20H23N3O5/c1-12(2)15-7-5-6-13(3)19(15)22-18(24)11-28-20(25)14-8-9-16(21-4)17(10-14)23(26)27/h5-10,12,21H,11H2,1-4H3,(H,22,24). The maximum absolute atomic E-state index is 12.2. The van der Waals surface area contributed by atoms with Crippen LogP contribution in [-0.4, -0.2) is 30.5 Å². The summed E-state index contributed by atoms with van der Waals surface area (Å²) in [7, 11) is 1.54. The molecule has 0 saturated carbocycles. The van der Waals surface area contributed by atoms with E-state index in [4.69, 9.17) is 4.74 Å². The molecule has 8 heteroatoms. The Morgan fingerprint density at radius 1 is 1.21 bits per heavy atom. The first-order valence-electron chi connectivity index (χ1n) is 8.77. The van der Waals surface area contributed by atoms with Crippen LogP contribution in [0.25, 0.3) is 0 Å². The van der Waals surface area contributed by atoms with E-state index in [-0.39, 0.29) is 22.9 Å². The van der Waals surface area contributed by atoms with Crippen molar-refractivity contribution < 1.29 is 19.2 Å². The van der Waals surface area contributed by atoms with Gasteiger partial charge in [-0.2, -0.15) is 0 Å². The zero-order valence-electron chi connectivity index (χ0n) is 16.2. The lowest BCUT2D eigenvalue weighted by Gasteiger charge is -2.16. The third-order valence-electron chi connectivity index (χ3n) is 4.23. The first kappa shape index (κ1) is 20.9.